The van der Waals surface area contributed by atoms with Crippen molar-refractivity contribution in [1.82, 2.24) is 19.5 Å². The van der Waals surface area contributed by atoms with Crippen molar-refractivity contribution >= 4 is 119 Å². The van der Waals surface area contributed by atoms with Gasteiger partial charge in [0.1, 0.15) is 22.3 Å². The summed E-state index contributed by atoms with van der Waals surface area (Å²) in [5.74, 6) is 1.63. The summed E-state index contributed by atoms with van der Waals surface area (Å²) in [7, 11) is 0. The second kappa shape index (κ2) is 13.4. The molecule has 10 aromatic carbocycles. The van der Waals surface area contributed by atoms with Crippen LogP contribution in [0.5, 0.6) is 0 Å². The molecule has 5 aromatic heterocycles. The van der Waals surface area contributed by atoms with Crippen molar-refractivity contribution in [3.8, 4) is 39.9 Å². The largest absolute Gasteiger partial charge is 0.456 e. The van der Waals surface area contributed by atoms with Crippen molar-refractivity contribution in [2.75, 3.05) is 0 Å². The number of hydrogen-bond donors (Lipinski definition) is 0. The molecule has 0 saturated heterocycles. The molecule has 6 nitrogen and oxygen atoms in total. The Morgan fingerprint density at radius 1 is 0.379 bits per heavy atom. The van der Waals surface area contributed by atoms with E-state index in [0.29, 0.717) is 17.5 Å². The number of hydrogen-bond acceptors (Lipinski definition) is 6. The molecule has 0 saturated carbocycles. The van der Waals surface area contributed by atoms with Gasteiger partial charge in [-0.2, -0.15) is 0 Å². The molecule has 0 bridgehead atoms. The molecular weight excluding hydrogens is 829 g/mol. The monoisotopic (exact) mass is 860 g/mol. The van der Waals surface area contributed by atoms with Gasteiger partial charge in [0, 0.05) is 58.1 Å². The van der Waals surface area contributed by atoms with Crippen LogP contribution in [0.2, 0.25) is 0 Å². The highest BCUT2D eigenvalue weighted by Gasteiger charge is 2.26. The molecule has 0 N–H and O–H groups in total. The molecule has 0 aliphatic heterocycles. The van der Waals surface area contributed by atoms with Crippen LogP contribution in [0.3, 0.4) is 0 Å². The van der Waals surface area contributed by atoms with Crippen molar-refractivity contribution in [2.24, 2.45) is 0 Å². The van der Waals surface area contributed by atoms with Gasteiger partial charge in [-0.15, -0.1) is 11.3 Å². The van der Waals surface area contributed by atoms with Gasteiger partial charge in [0.2, 0.25) is 0 Å². The van der Waals surface area contributed by atoms with Crippen LogP contribution in [0.4, 0.5) is 0 Å². The maximum absolute atomic E-state index is 6.85. The number of fused-ring (bicyclic) bond motifs is 14. The Morgan fingerprint density at radius 2 is 1.00 bits per heavy atom. The molecule has 0 spiro atoms. The molecule has 0 atom stereocenters. The van der Waals surface area contributed by atoms with Crippen LogP contribution in [-0.4, -0.2) is 19.5 Å². The maximum atomic E-state index is 6.85. The molecular formula is C59H32N4O2S. The lowest BCUT2D eigenvalue weighted by Gasteiger charge is -2.16. The third kappa shape index (κ3) is 5.08. The van der Waals surface area contributed by atoms with Gasteiger partial charge >= 0.3 is 0 Å². The van der Waals surface area contributed by atoms with Crippen molar-refractivity contribution in [3.05, 3.63) is 194 Å². The zero-order valence-corrected chi connectivity index (χ0v) is 35.8. The Labute approximate surface area is 379 Å². The number of rotatable bonds is 4. The number of benzene rings is 10. The van der Waals surface area contributed by atoms with E-state index in [9.17, 15) is 0 Å². The molecule has 5 heterocycles. The van der Waals surface area contributed by atoms with Crippen LogP contribution in [0.25, 0.3) is 147 Å². The zero-order valence-electron chi connectivity index (χ0n) is 35.0. The number of thiophene rings is 1. The van der Waals surface area contributed by atoms with Gasteiger partial charge in [-0.1, -0.05) is 127 Å². The van der Waals surface area contributed by atoms with Gasteiger partial charge in [0.05, 0.1) is 27.8 Å². The first kappa shape index (κ1) is 35.8. The van der Waals surface area contributed by atoms with Gasteiger partial charge < -0.3 is 13.4 Å². The first-order valence-electron chi connectivity index (χ1n) is 22.1. The molecule has 7 heteroatoms. The lowest BCUT2D eigenvalue weighted by Crippen LogP contribution is -2.04. The highest BCUT2D eigenvalue weighted by molar-refractivity contribution is 7.26. The van der Waals surface area contributed by atoms with Crippen LogP contribution in [-0.2, 0) is 0 Å². The van der Waals surface area contributed by atoms with Crippen LogP contribution in [0.1, 0.15) is 0 Å². The lowest BCUT2D eigenvalue weighted by atomic mass is 10.0. The Balaban J connectivity index is 1.12. The van der Waals surface area contributed by atoms with Crippen molar-refractivity contribution in [3.63, 3.8) is 0 Å². The first-order chi connectivity index (χ1) is 32.7. The second-order valence-electron chi connectivity index (χ2n) is 17.1. The molecule has 0 aliphatic carbocycles. The molecule has 306 valence electrons. The fourth-order valence-corrected chi connectivity index (χ4v) is 11.7. The van der Waals surface area contributed by atoms with E-state index in [-0.39, 0.29) is 0 Å². The molecule has 66 heavy (non-hydrogen) atoms. The summed E-state index contributed by atoms with van der Waals surface area (Å²) >= 11 is 1.77. The number of aromatic nitrogens is 4. The summed E-state index contributed by atoms with van der Waals surface area (Å²) in [6.07, 6.45) is 0. The number of nitrogens with zero attached hydrogens (tertiary/aromatic N) is 4. The van der Waals surface area contributed by atoms with E-state index in [1.54, 1.807) is 11.3 Å². The topological polar surface area (TPSA) is 69.9 Å². The molecule has 0 aliphatic rings. The highest BCUT2D eigenvalue weighted by atomic mass is 32.1. The fraction of sp³-hybridized carbons (Fsp3) is 0. The minimum absolute atomic E-state index is 0.521. The average molecular weight is 861 g/mol. The van der Waals surface area contributed by atoms with Gasteiger partial charge in [-0.3, -0.25) is 0 Å². The lowest BCUT2D eigenvalue weighted by molar-refractivity contribution is 0.669. The van der Waals surface area contributed by atoms with E-state index in [1.807, 2.05) is 18.2 Å². The smallest absolute Gasteiger partial charge is 0.167 e. The summed E-state index contributed by atoms with van der Waals surface area (Å²) in [4.78, 5) is 16.6. The molecule has 0 fully saturated rings. The Kier molecular flexibility index (Phi) is 7.28. The minimum atomic E-state index is 0.521. The van der Waals surface area contributed by atoms with E-state index >= 15 is 0 Å². The standard InChI is InChI=1S/C59H32N4O2S/c1-3-15-35-31-48-44(29-33(35)13-1)37-17-5-8-24-46(37)63(48)47-27-28-50-53(45-30-34-14-2-4-16-36(34)32-51(45)64-50)54(47)59-61-57(42-22-11-20-40-38-18-6-9-25-49(38)65-55(40)42)60-58(62-59)43-23-12-21-41-39-19-7-10-26-52(39)66-56(41)43/h1-32H. The van der Waals surface area contributed by atoms with Gasteiger partial charge in [0.25, 0.3) is 0 Å². The molecule has 15 rings (SSSR count). The third-order valence-corrected chi connectivity index (χ3v) is 14.6. The predicted molar refractivity (Wildman–Crippen MR) is 273 cm³/mol. The minimum Gasteiger partial charge on any atom is -0.456 e. The third-order valence-electron chi connectivity index (χ3n) is 13.4. The van der Waals surface area contributed by atoms with Gasteiger partial charge in [-0.05, 0) is 88.3 Å². The van der Waals surface area contributed by atoms with Crippen molar-refractivity contribution < 1.29 is 8.83 Å². The van der Waals surface area contributed by atoms with Crippen molar-refractivity contribution in [2.45, 2.75) is 0 Å². The summed E-state index contributed by atoms with van der Waals surface area (Å²) in [6.45, 7) is 0. The Hall–Kier alpha value is -8.65. The average Bonchev–Trinajstić information content (AvgIpc) is 4.13. The van der Waals surface area contributed by atoms with E-state index in [0.717, 1.165) is 104 Å². The van der Waals surface area contributed by atoms with Crippen LogP contribution < -0.4 is 0 Å². The van der Waals surface area contributed by atoms with Gasteiger partial charge in [0.15, 0.2) is 17.5 Å². The normalized spacial score (nSPS) is 12.2. The fourth-order valence-electron chi connectivity index (χ4n) is 10.4. The van der Waals surface area contributed by atoms with E-state index in [4.69, 9.17) is 23.8 Å². The molecule has 0 amide bonds. The summed E-state index contributed by atoms with van der Waals surface area (Å²) in [5.41, 5.74) is 8.78. The van der Waals surface area contributed by atoms with E-state index in [1.165, 1.54) is 26.2 Å². The molecule has 0 unspecified atom stereocenters. The van der Waals surface area contributed by atoms with Gasteiger partial charge in [-0.25, -0.2) is 15.0 Å². The van der Waals surface area contributed by atoms with Crippen LogP contribution in [0.15, 0.2) is 203 Å². The van der Waals surface area contributed by atoms with Crippen molar-refractivity contribution in [1.29, 1.82) is 0 Å². The second-order valence-corrected chi connectivity index (χ2v) is 18.1. The molecule has 15 aromatic rings. The zero-order chi connectivity index (χ0) is 43.0. The number of furan rings is 2. The molecule has 0 radical (unpaired) electrons. The predicted octanol–water partition coefficient (Wildman–Crippen LogP) is 16.4. The summed E-state index contributed by atoms with van der Waals surface area (Å²) in [6, 6.07) is 68.5. The van der Waals surface area contributed by atoms with E-state index < -0.39 is 0 Å². The summed E-state index contributed by atoms with van der Waals surface area (Å²) < 4.78 is 18.3. The van der Waals surface area contributed by atoms with E-state index in [2.05, 4.69) is 180 Å². The number of para-hydroxylation sites is 3. The first-order valence-corrected chi connectivity index (χ1v) is 22.9. The maximum Gasteiger partial charge on any atom is 0.167 e. The van der Waals surface area contributed by atoms with Crippen LogP contribution >= 0.6 is 11.3 Å². The Bertz CT molecular complexity index is 4420. The quantitative estimate of drug-likeness (QED) is 0.176. The SMILES string of the molecule is c1ccc2cc3c(cc2c1)oc1ccc(-n2c4ccccc4c4cc5ccccc5cc42)c(-c2nc(-c4cccc5c4oc4ccccc45)nc(-c4cccc5c4sc4ccccc45)n2)c13. The van der Waals surface area contributed by atoms with Crippen LogP contribution in [0, 0.1) is 0 Å². The Morgan fingerprint density at radius 3 is 1.83 bits per heavy atom. The highest BCUT2D eigenvalue weighted by Crippen LogP contribution is 2.46. The summed E-state index contributed by atoms with van der Waals surface area (Å²) in [5, 5.41) is 13.3.